The zero-order valence-corrected chi connectivity index (χ0v) is 56.3. The van der Waals surface area contributed by atoms with Crippen LogP contribution < -0.4 is 14.8 Å². The number of esters is 2. The van der Waals surface area contributed by atoms with Gasteiger partial charge in [-0.15, -0.1) is 0 Å². The zero-order chi connectivity index (χ0) is 61.4. The second kappa shape index (κ2) is 31.7. The molecule has 4 rings (SSSR count). The van der Waals surface area contributed by atoms with E-state index in [0.717, 1.165) is 50.0 Å². The minimum Gasteiger partial charge on any atom is -0.497 e. The SMILES string of the molecule is COCN(C(=O)OC(C)(C)C)[C@H]1CCC[C@H](Cc2ccc(OC)cc2)[C@@H](O[Si](C(C)C)(C(C)C)C(C)C)[C@H](C)OC1=O.COc1ccc(C[C@H]2CCC[C@H](NC(=O)OC(C)(C)C)C(=O)O[C@@H](C)[C@@H]2O[Si](C(C)C)(C(C)C)C(C)C)cc1. The molecule has 8 atom stereocenters. The summed E-state index contributed by atoms with van der Waals surface area (Å²) in [5, 5.41) is 2.75. The van der Waals surface area contributed by atoms with Gasteiger partial charge in [0.15, 0.2) is 0 Å². The lowest BCUT2D eigenvalue weighted by atomic mass is 9.87. The molecule has 17 heteroatoms. The highest BCUT2D eigenvalue weighted by molar-refractivity contribution is 6.78. The summed E-state index contributed by atoms with van der Waals surface area (Å²) in [6.07, 6.45) is 2.95. The van der Waals surface area contributed by atoms with E-state index in [-0.39, 0.29) is 30.8 Å². The van der Waals surface area contributed by atoms with Crippen LogP contribution in [-0.4, -0.2) is 121 Å². The van der Waals surface area contributed by atoms with Crippen molar-refractivity contribution in [2.24, 2.45) is 11.8 Å². The Balaban J connectivity index is 0.000000426. The van der Waals surface area contributed by atoms with E-state index in [1.807, 2.05) is 38.1 Å². The third-order valence-corrected chi connectivity index (χ3v) is 28.7. The molecule has 0 unspecified atom stereocenters. The van der Waals surface area contributed by atoms with E-state index in [4.69, 9.17) is 42.0 Å². The van der Waals surface area contributed by atoms with Crippen molar-refractivity contribution < 1.29 is 61.2 Å². The number of carbonyl (C=O) groups is 4. The van der Waals surface area contributed by atoms with E-state index in [9.17, 15) is 19.2 Å². The first-order valence-electron chi connectivity index (χ1n) is 30.2. The number of nitrogens with zero attached hydrogens (tertiary/aromatic N) is 1. The Morgan fingerprint density at radius 3 is 1.28 bits per heavy atom. The first kappa shape index (κ1) is 71.1. The van der Waals surface area contributed by atoms with Gasteiger partial charge in [0.2, 0.25) is 16.6 Å². The standard InChI is InChI=1S/C33H57NO7Si.C31H53NO6Si/c1-22(2)42(23(3)4,24(5)6)41-30-25(7)39-31(35)29(34(21-37-11)32(36)40-33(8,9)10)15-13-14-27(30)20-26-16-18-28(38-12)19-17-26;1-20(2)39(21(3)4,22(5)6)38-28-23(7)36-29(33)27(32-30(34)37-31(8,9)10)14-12-13-25(28)19-24-15-17-26(35-11)18-16-24/h16-19,22-25,27,29-30H,13-15,20-21H2,1-12H3;15-18,20-23,25,27-28H,12-14,19H2,1-11H3,(H,32,34)/t25-,27+,29-,30-;23-,25+,27-,28-/m00/s1. The van der Waals surface area contributed by atoms with Gasteiger partial charge in [-0.3, -0.25) is 4.90 Å². The Kier molecular flexibility index (Phi) is 27.8. The van der Waals surface area contributed by atoms with Crippen LogP contribution in [0.25, 0.3) is 0 Å². The Hall–Kier alpha value is -4.17. The maximum Gasteiger partial charge on any atom is 0.412 e. The number of cyclic esters (lactones) is 2. The third kappa shape index (κ3) is 20.3. The fraction of sp³-hybridized carbons (Fsp3) is 0.750. The van der Waals surface area contributed by atoms with E-state index in [1.165, 1.54) is 23.1 Å². The smallest absolute Gasteiger partial charge is 0.412 e. The molecule has 81 heavy (non-hydrogen) atoms. The molecule has 0 bridgehead atoms. The highest BCUT2D eigenvalue weighted by atomic mass is 28.4. The molecule has 2 aliphatic rings. The molecule has 2 aromatic rings. The summed E-state index contributed by atoms with van der Waals surface area (Å²) in [6.45, 7) is 41.9. The summed E-state index contributed by atoms with van der Waals surface area (Å²) in [4.78, 5) is 54.1. The van der Waals surface area contributed by atoms with Gasteiger partial charge in [0.05, 0.1) is 26.4 Å². The molecule has 2 saturated heterocycles. The molecule has 15 nitrogen and oxygen atoms in total. The van der Waals surface area contributed by atoms with E-state index < -0.39 is 76.3 Å². The molecule has 0 spiro atoms. The number of amides is 2. The zero-order valence-electron chi connectivity index (χ0n) is 54.3. The number of carbonyl (C=O) groups excluding carboxylic acids is 4. The van der Waals surface area contributed by atoms with Gasteiger partial charge in [-0.05, 0) is 174 Å². The maximum atomic E-state index is 13.8. The van der Waals surface area contributed by atoms with E-state index >= 15 is 0 Å². The van der Waals surface area contributed by atoms with Gasteiger partial charge in [0.25, 0.3) is 0 Å². The largest absolute Gasteiger partial charge is 0.497 e. The van der Waals surface area contributed by atoms with Gasteiger partial charge in [0, 0.05) is 7.11 Å². The fourth-order valence-electron chi connectivity index (χ4n) is 13.0. The highest BCUT2D eigenvalue weighted by Gasteiger charge is 2.51. The van der Waals surface area contributed by atoms with Gasteiger partial charge < -0.3 is 47.3 Å². The lowest BCUT2D eigenvalue weighted by molar-refractivity contribution is -0.162. The fourth-order valence-corrected chi connectivity index (χ4v) is 24.3. The molecule has 2 aromatic carbocycles. The Labute approximate surface area is 491 Å². The molecule has 0 saturated carbocycles. The summed E-state index contributed by atoms with van der Waals surface area (Å²) < 4.78 is 54.2. The van der Waals surface area contributed by atoms with Crippen LogP contribution in [0.5, 0.6) is 11.5 Å². The van der Waals surface area contributed by atoms with Crippen LogP contribution in [0, 0.1) is 11.8 Å². The van der Waals surface area contributed by atoms with Gasteiger partial charge >= 0.3 is 24.1 Å². The van der Waals surface area contributed by atoms with Crippen LogP contribution in [0.15, 0.2) is 48.5 Å². The summed E-state index contributed by atoms with van der Waals surface area (Å²) in [5.41, 5.74) is 3.36. The molecule has 2 fully saturated rings. The summed E-state index contributed by atoms with van der Waals surface area (Å²) >= 11 is 0. The number of hydrogen-bond donors (Lipinski definition) is 1. The minimum atomic E-state index is -2.32. The van der Waals surface area contributed by atoms with Crippen LogP contribution in [0.3, 0.4) is 0 Å². The van der Waals surface area contributed by atoms with Gasteiger partial charge in [-0.1, -0.05) is 120 Å². The third-order valence-electron chi connectivity index (χ3n) is 16.5. The van der Waals surface area contributed by atoms with Crippen molar-refractivity contribution in [2.45, 2.75) is 271 Å². The van der Waals surface area contributed by atoms with Crippen LogP contribution >= 0.6 is 0 Å². The number of hydrogen-bond acceptors (Lipinski definition) is 13. The molecule has 1 N–H and O–H groups in total. The quantitative estimate of drug-likeness (QED) is 0.0576. The van der Waals surface area contributed by atoms with Crippen molar-refractivity contribution in [1.82, 2.24) is 10.2 Å². The van der Waals surface area contributed by atoms with Crippen LogP contribution in [0.1, 0.15) is 188 Å². The molecule has 0 radical (unpaired) electrons. The predicted octanol–water partition coefficient (Wildman–Crippen LogP) is 15.2. The molecule has 2 amide bonds. The van der Waals surface area contributed by atoms with Crippen molar-refractivity contribution in [3.63, 3.8) is 0 Å². The molecular formula is C64H110N2O13Si2. The number of benzene rings is 2. The summed E-state index contributed by atoms with van der Waals surface area (Å²) in [7, 11) is 0.242. The second-order valence-corrected chi connectivity index (χ2v) is 37.5. The number of alkyl carbamates (subject to hydrolysis) is 1. The first-order chi connectivity index (χ1) is 37.7. The lowest BCUT2D eigenvalue weighted by Crippen LogP contribution is -2.55. The van der Waals surface area contributed by atoms with Crippen molar-refractivity contribution in [3.8, 4) is 11.5 Å². The predicted molar refractivity (Wildman–Crippen MR) is 328 cm³/mol. The minimum absolute atomic E-state index is 0.0671. The van der Waals surface area contributed by atoms with Gasteiger partial charge in [-0.2, -0.15) is 0 Å². The van der Waals surface area contributed by atoms with E-state index in [2.05, 4.69) is 113 Å². The first-order valence-corrected chi connectivity index (χ1v) is 34.5. The molecular weight excluding hydrogens is 1060 g/mol. The molecule has 2 heterocycles. The second-order valence-electron chi connectivity index (χ2n) is 26.7. The Bertz CT molecular complexity index is 2180. The number of ether oxygens (including phenoxy) is 7. The average molecular weight is 1170 g/mol. The van der Waals surface area contributed by atoms with E-state index in [0.29, 0.717) is 46.1 Å². The maximum absolute atomic E-state index is 13.8. The van der Waals surface area contributed by atoms with Crippen molar-refractivity contribution in [3.05, 3.63) is 59.7 Å². The Morgan fingerprint density at radius 2 is 0.938 bits per heavy atom. The monoisotopic (exact) mass is 1170 g/mol. The number of nitrogens with one attached hydrogen (secondary N) is 1. The summed E-state index contributed by atoms with van der Waals surface area (Å²) in [5.74, 6) is 1.01. The lowest BCUT2D eigenvalue weighted by Gasteiger charge is -2.47. The highest BCUT2D eigenvalue weighted by Crippen LogP contribution is 2.47. The average Bonchev–Trinajstić information content (AvgIpc) is 3.44. The van der Waals surface area contributed by atoms with Crippen LogP contribution in [0.4, 0.5) is 9.59 Å². The van der Waals surface area contributed by atoms with Crippen LogP contribution in [0.2, 0.25) is 33.2 Å². The Morgan fingerprint density at radius 1 is 0.568 bits per heavy atom. The van der Waals surface area contributed by atoms with Crippen LogP contribution in [-0.2, 0) is 55.0 Å². The normalized spacial score (nSPS) is 22.8. The van der Waals surface area contributed by atoms with Gasteiger partial charge in [0.1, 0.15) is 53.7 Å². The van der Waals surface area contributed by atoms with Gasteiger partial charge in [-0.25, -0.2) is 19.2 Å². The molecule has 0 aliphatic carbocycles. The van der Waals surface area contributed by atoms with Crippen molar-refractivity contribution in [2.75, 3.05) is 28.1 Å². The number of rotatable bonds is 20. The number of methoxy groups -OCH3 is 3. The van der Waals surface area contributed by atoms with E-state index in [1.54, 1.807) is 55.8 Å². The topological polar surface area (TPSA) is 167 Å². The van der Waals surface area contributed by atoms with Crippen molar-refractivity contribution >= 4 is 40.8 Å². The summed E-state index contributed by atoms with van der Waals surface area (Å²) in [6, 6.07) is 14.8. The molecule has 0 aromatic heterocycles. The molecule has 462 valence electrons. The molecule has 2 aliphatic heterocycles. The van der Waals surface area contributed by atoms with Crippen molar-refractivity contribution in [1.29, 1.82) is 0 Å².